The third-order valence-electron chi connectivity index (χ3n) is 3.23. The standard InChI is InChI=1S/C15H17FN2O2/c1-4-17-7-9(2)8-18-13-10(3)5-11(16)6-12(13)14(19)15(18)20/h5-6,17H,2,4,7-8H2,1,3H3. The zero-order valence-electron chi connectivity index (χ0n) is 11.6. The first-order valence-electron chi connectivity index (χ1n) is 6.49. The van der Waals surface area contributed by atoms with Crippen LogP contribution >= 0.6 is 0 Å². The van der Waals surface area contributed by atoms with Gasteiger partial charge < -0.3 is 10.2 Å². The molecule has 0 unspecified atom stereocenters. The fourth-order valence-electron chi connectivity index (χ4n) is 2.34. The number of anilines is 1. The lowest BCUT2D eigenvalue weighted by atomic mass is 10.1. The minimum absolute atomic E-state index is 0.142. The number of likely N-dealkylation sites (N-methyl/N-ethyl adjacent to an activating group) is 1. The average Bonchev–Trinajstić information content (AvgIpc) is 2.62. The fraction of sp³-hybridized carbons (Fsp3) is 0.333. The molecule has 1 N–H and O–H groups in total. The molecule has 0 radical (unpaired) electrons. The lowest BCUT2D eigenvalue weighted by Gasteiger charge is -2.20. The molecular weight excluding hydrogens is 259 g/mol. The highest BCUT2D eigenvalue weighted by atomic mass is 19.1. The maximum absolute atomic E-state index is 13.4. The van der Waals surface area contributed by atoms with Gasteiger partial charge in [-0.1, -0.05) is 13.5 Å². The van der Waals surface area contributed by atoms with Crippen molar-refractivity contribution >= 4 is 17.4 Å². The van der Waals surface area contributed by atoms with E-state index in [0.29, 0.717) is 17.8 Å². The summed E-state index contributed by atoms with van der Waals surface area (Å²) in [5, 5.41) is 3.11. The quantitative estimate of drug-likeness (QED) is 0.659. The van der Waals surface area contributed by atoms with E-state index in [9.17, 15) is 14.0 Å². The Morgan fingerprint density at radius 1 is 1.40 bits per heavy atom. The van der Waals surface area contributed by atoms with Gasteiger partial charge in [-0.05, 0) is 36.7 Å². The number of nitrogens with one attached hydrogen (secondary N) is 1. The molecule has 2 rings (SSSR count). The minimum Gasteiger partial charge on any atom is -0.313 e. The van der Waals surface area contributed by atoms with Crippen molar-refractivity contribution in [1.29, 1.82) is 0 Å². The van der Waals surface area contributed by atoms with Gasteiger partial charge in [0.1, 0.15) is 5.82 Å². The molecule has 0 saturated carbocycles. The minimum atomic E-state index is -0.654. The van der Waals surface area contributed by atoms with E-state index in [1.54, 1.807) is 6.92 Å². The second kappa shape index (κ2) is 5.54. The van der Waals surface area contributed by atoms with Crippen LogP contribution in [0.1, 0.15) is 22.8 Å². The fourth-order valence-corrected chi connectivity index (χ4v) is 2.34. The zero-order valence-corrected chi connectivity index (χ0v) is 11.6. The Balaban J connectivity index is 2.31. The number of benzene rings is 1. The van der Waals surface area contributed by atoms with Crippen molar-refractivity contribution in [3.05, 3.63) is 41.2 Å². The molecule has 4 nitrogen and oxygen atoms in total. The SMILES string of the molecule is C=C(CNCC)CN1C(=O)C(=O)c2cc(F)cc(C)c21. The van der Waals surface area contributed by atoms with Crippen molar-refractivity contribution in [3.63, 3.8) is 0 Å². The molecule has 1 heterocycles. The summed E-state index contributed by atoms with van der Waals surface area (Å²) in [6, 6.07) is 2.44. The number of hydrogen-bond acceptors (Lipinski definition) is 3. The molecule has 106 valence electrons. The number of ketones is 1. The Hall–Kier alpha value is -2.01. The zero-order chi connectivity index (χ0) is 14.9. The number of aryl methyl sites for hydroxylation is 1. The smallest absolute Gasteiger partial charge is 0.299 e. The topological polar surface area (TPSA) is 49.4 Å². The predicted molar refractivity (Wildman–Crippen MR) is 75.5 cm³/mol. The van der Waals surface area contributed by atoms with E-state index in [1.165, 1.54) is 11.0 Å². The Kier molecular flexibility index (Phi) is 3.99. The second-order valence-electron chi connectivity index (χ2n) is 4.87. The first-order chi connectivity index (χ1) is 9.45. The van der Waals surface area contributed by atoms with Gasteiger partial charge in [0, 0.05) is 13.1 Å². The lowest BCUT2D eigenvalue weighted by molar-refractivity contribution is -0.114. The van der Waals surface area contributed by atoms with E-state index in [0.717, 1.165) is 18.2 Å². The molecule has 0 atom stereocenters. The molecule has 1 aliphatic heterocycles. The van der Waals surface area contributed by atoms with E-state index >= 15 is 0 Å². The molecule has 1 aliphatic rings. The van der Waals surface area contributed by atoms with Crippen LogP contribution in [0.15, 0.2) is 24.3 Å². The van der Waals surface area contributed by atoms with Crippen molar-refractivity contribution < 1.29 is 14.0 Å². The first-order valence-corrected chi connectivity index (χ1v) is 6.49. The maximum atomic E-state index is 13.4. The molecule has 0 aliphatic carbocycles. The number of carbonyl (C=O) groups is 2. The summed E-state index contributed by atoms with van der Waals surface area (Å²) in [6.45, 7) is 9.19. The number of hydrogen-bond donors (Lipinski definition) is 1. The van der Waals surface area contributed by atoms with Crippen molar-refractivity contribution in [2.75, 3.05) is 24.5 Å². The van der Waals surface area contributed by atoms with Gasteiger partial charge in [0.25, 0.3) is 11.7 Å². The highest BCUT2D eigenvalue weighted by Crippen LogP contribution is 2.33. The van der Waals surface area contributed by atoms with Gasteiger partial charge in [0.05, 0.1) is 11.3 Å². The molecular formula is C15H17FN2O2. The summed E-state index contributed by atoms with van der Waals surface area (Å²) in [5.41, 5.74) is 2.02. The molecule has 0 saturated heterocycles. The van der Waals surface area contributed by atoms with Crippen molar-refractivity contribution in [3.8, 4) is 0 Å². The normalized spacial score (nSPS) is 13.8. The van der Waals surface area contributed by atoms with Gasteiger partial charge in [-0.25, -0.2) is 4.39 Å². The van der Waals surface area contributed by atoms with Gasteiger partial charge in [-0.15, -0.1) is 0 Å². The Morgan fingerprint density at radius 2 is 2.10 bits per heavy atom. The number of fused-ring (bicyclic) bond motifs is 1. The van der Waals surface area contributed by atoms with Crippen LogP contribution in [0.4, 0.5) is 10.1 Å². The van der Waals surface area contributed by atoms with Crippen molar-refractivity contribution in [2.45, 2.75) is 13.8 Å². The lowest BCUT2D eigenvalue weighted by Crippen LogP contribution is -2.33. The molecule has 0 spiro atoms. The maximum Gasteiger partial charge on any atom is 0.299 e. The summed E-state index contributed by atoms with van der Waals surface area (Å²) in [4.78, 5) is 25.3. The molecule has 0 aromatic heterocycles. The largest absolute Gasteiger partial charge is 0.313 e. The van der Waals surface area contributed by atoms with Gasteiger partial charge in [-0.2, -0.15) is 0 Å². The molecule has 20 heavy (non-hydrogen) atoms. The van der Waals surface area contributed by atoms with Gasteiger partial charge >= 0.3 is 0 Å². The van der Waals surface area contributed by atoms with Crippen LogP contribution in [-0.2, 0) is 4.79 Å². The Bertz CT molecular complexity index is 596. The van der Waals surface area contributed by atoms with Crippen LogP contribution < -0.4 is 10.2 Å². The van der Waals surface area contributed by atoms with Gasteiger partial charge in [0.2, 0.25) is 0 Å². The predicted octanol–water partition coefficient (Wildman–Crippen LogP) is 1.83. The van der Waals surface area contributed by atoms with E-state index in [2.05, 4.69) is 11.9 Å². The number of amides is 1. The molecule has 1 aromatic rings. The second-order valence-corrected chi connectivity index (χ2v) is 4.87. The third-order valence-corrected chi connectivity index (χ3v) is 3.23. The van der Waals surface area contributed by atoms with Gasteiger partial charge in [-0.3, -0.25) is 9.59 Å². The molecule has 0 fully saturated rings. The Morgan fingerprint density at radius 3 is 2.75 bits per heavy atom. The summed E-state index contributed by atoms with van der Waals surface area (Å²) in [5.74, 6) is -1.78. The number of rotatable bonds is 5. The van der Waals surface area contributed by atoms with Crippen molar-refractivity contribution in [1.82, 2.24) is 5.32 Å². The van der Waals surface area contributed by atoms with E-state index in [4.69, 9.17) is 0 Å². The van der Waals surface area contributed by atoms with Crippen LogP contribution in [-0.4, -0.2) is 31.3 Å². The van der Waals surface area contributed by atoms with E-state index < -0.39 is 17.5 Å². The number of Topliss-reactive ketones (excluding diaryl/α,β-unsaturated/α-hetero) is 1. The summed E-state index contributed by atoms with van der Waals surface area (Å²) < 4.78 is 13.4. The van der Waals surface area contributed by atoms with E-state index in [1.807, 2.05) is 6.92 Å². The van der Waals surface area contributed by atoms with E-state index in [-0.39, 0.29) is 12.1 Å². The molecule has 1 amide bonds. The number of nitrogens with zero attached hydrogens (tertiary/aromatic N) is 1. The molecule has 5 heteroatoms. The highest BCUT2D eigenvalue weighted by Gasteiger charge is 2.37. The number of carbonyl (C=O) groups excluding carboxylic acids is 2. The van der Waals surface area contributed by atoms with Crippen LogP contribution in [0.3, 0.4) is 0 Å². The highest BCUT2D eigenvalue weighted by molar-refractivity contribution is 6.52. The summed E-state index contributed by atoms with van der Waals surface area (Å²) >= 11 is 0. The van der Waals surface area contributed by atoms with Crippen LogP contribution in [0.5, 0.6) is 0 Å². The van der Waals surface area contributed by atoms with Crippen molar-refractivity contribution in [2.24, 2.45) is 0 Å². The van der Waals surface area contributed by atoms with Crippen LogP contribution in [0.25, 0.3) is 0 Å². The third kappa shape index (κ3) is 2.49. The van der Waals surface area contributed by atoms with Crippen LogP contribution in [0, 0.1) is 12.7 Å². The molecule has 1 aromatic carbocycles. The molecule has 0 bridgehead atoms. The summed E-state index contributed by atoms with van der Waals surface area (Å²) in [6.07, 6.45) is 0. The Labute approximate surface area is 117 Å². The first kappa shape index (κ1) is 14.4. The van der Waals surface area contributed by atoms with Gasteiger partial charge in [0.15, 0.2) is 0 Å². The number of halogens is 1. The van der Waals surface area contributed by atoms with Crippen LogP contribution in [0.2, 0.25) is 0 Å². The average molecular weight is 276 g/mol. The monoisotopic (exact) mass is 276 g/mol. The summed E-state index contributed by atoms with van der Waals surface area (Å²) in [7, 11) is 0.